The first-order valence-electron chi connectivity index (χ1n) is 7.34. The summed E-state index contributed by atoms with van der Waals surface area (Å²) in [5.74, 6) is -1.37. The fraction of sp³-hybridized carbons (Fsp3) is 0.538. The number of phenolic OH excluding ortho intramolecular Hbond substituents is 1. The molecule has 7 nitrogen and oxygen atoms in total. The molecule has 0 unspecified atom stereocenters. The zero-order chi connectivity index (χ0) is 23.2. The Hall–Kier alpha value is -1.39. The zero-order valence-electron chi connectivity index (χ0n) is 15.2. The van der Waals surface area contributed by atoms with E-state index in [1.165, 1.54) is 13.8 Å². The Morgan fingerprint density at radius 3 is 1.69 bits per heavy atom. The molecule has 1 N–H and O–H groups in total. The molecule has 0 aliphatic carbocycles. The molecule has 0 heterocycles. The second-order valence-electron chi connectivity index (χ2n) is 6.11. The highest BCUT2D eigenvalue weighted by Gasteiger charge is 2.65. The standard InChI is InChI=1S/C13H17F6NO6S3/c1-8(2)26-9-6-5-7-10(11(9)21)27(3,4)20(28(22,23)12(14,15)16)29(24,25)13(17,18)19/h5-8,21H,1-4H3. The van der Waals surface area contributed by atoms with Crippen molar-refractivity contribution in [2.45, 2.75) is 35.9 Å². The van der Waals surface area contributed by atoms with Crippen molar-refractivity contribution in [3.8, 4) is 11.5 Å². The average Bonchev–Trinajstić information content (AvgIpc) is 2.45. The van der Waals surface area contributed by atoms with Crippen molar-refractivity contribution in [2.24, 2.45) is 0 Å². The van der Waals surface area contributed by atoms with Crippen LogP contribution >= 0.6 is 10.2 Å². The van der Waals surface area contributed by atoms with Gasteiger partial charge in [-0.15, -0.1) is 10.2 Å². The minimum Gasteiger partial charge on any atom is -0.503 e. The number of halogens is 6. The maximum Gasteiger partial charge on any atom is 0.513 e. The summed E-state index contributed by atoms with van der Waals surface area (Å²) < 4.78 is 129. The lowest BCUT2D eigenvalue weighted by atomic mass is 10.3. The van der Waals surface area contributed by atoms with E-state index in [-0.39, 0.29) is 5.75 Å². The lowest BCUT2D eigenvalue weighted by Gasteiger charge is -2.41. The van der Waals surface area contributed by atoms with E-state index in [1.54, 1.807) is 0 Å². The summed E-state index contributed by atoms with van der Waals surface area (Å²) in [4.78, 5) is -0.781. The molecule has 0 radical (unpaired) electrons. The van der Waals surface area contributed by atoms with E-state index in [0.717, 1.165) is 18.2 Å². The van der Waals surface area contributed by atoms with Crippen LogP contribution in [-0.4, -0.2) is 54.7 Å². The number of phenols is 1. The minimum absolute atomic E-state index is 0.383. The van der Waals surface area contributed by atoms with E-state index in [0.29, 0.717) is 12.5 Å². The topological polar surface area (TPSA) is 101 Å². The fourth-order valence-corrected chi connectivity index (χ4v) is 10.1. The van der Waals surface area contributed by atoms with E-state index in [9.17, 15) is 48.3 Å². The number of benzene rings is 1. The van der Waals surface area contributed by atoms with Gasteiger partial charge in [0.2, 0.25) is 0 Å². The molecule has 0 saturated carbocycles. The predicted octanol–water partition coefficient (Wildman–Crippen LogP) is 3.52. The number of aromatic hydroxyl groups is 1. The number of nitrogens with zero attached hydrogens (tertiary/aromatic N) is 1. The molecule has 0 saturated heterocycles. The summed E-state index contributed by atoms with van der Waals surface area (Å²) in [6.07, 6.45) is 0.518. The van der Waals surface area contributed by atoms with Crippen molar-refractivity contribution < 1.29 is 53.0 Å². The Balaban J connectivity index is 3.93. The van der Waals surface area contributed by atoms with E-state index in [4.69, 9.17) is 4.74 Å². The number of rotatable bonds is 6. The van der Waals surface area contributed by atoms with Gasteiger partial charge in [0.25, 0.3) is 0 Å². The molecule has 0 bridgehead atoms. The van der Waals surface area contributed by atoms with E-state index in [2.05, 4.69) is 0 Å². The van der Waals surface area contributed by atoms with Crippen LogP contribution in [-0.2, 0) is 20.0 Å². The third kappa shape index (κ3) is 4.69. The third-order valence-corrected chi connectivity index (χ3v) is 11.9. The highest BCUT2D eigenvalue weighted by atomic mass is 32.4. The van der Waals surface area contributed by atoms with Crippen molar-refractivity contribution in [2.75, 3.05) is 12.5 Å². The molecule has 0 aromatic heterocycles. The lowest BCUT2D eigenvalue weighted by molar-refractivity contribution is -0.0505. The van der Waals surface area contributed by atoms with Gasteiger partial charge in [-0.25, -0.2) is 16.8 Å². The van der Waals surface area contributed by atoms with Gasteiger partial charge in [-0.1, -0.05) is 6.07 Å². The first kappa shape index (κ1) is 25.6. The van der Waals surface area contributed by atoms with Crippen molar-refractivity contribution in [1.82, 2.24) is 3.12 Å². The predicted molar refractivity (Wildman–Crippen MR) is 93.4 cm³/mol. The smallest absolute Gasteiger partial charge is 0.503 e. The molecule has 0 fully saturated rings. The van der Waals surface area contributed by atoms with Gasteiger partial charge >= 0.3 is 31.1 Å². The lowest BCUT2D eigenvalue weighted by Crippen LogP contribution is -2.49. The molecule has 1 aromatic rings. The summed E-state index contributed by atoms with van der Waals surface area (Å²) in [5, 5.41) is 10.3. The maximum atomic E-state index is 13.1. The Kier molecular flexibility index (Phi) is 6.81. The number of para-hydroxylation sites is 1. The van der Waals surface area contributed by atoms with Gasteiger partial charge in [-0.3, -0.25) is 0 Å². The van der Waals surface area contributed by atoms with Crippen LogP contribution in [0.25, 0.3) is 0 Å². The largest absolute Gasteiger partial charge is 0.513 e. The molecule has 0 spiro atoms. The first-order chi connectivity index (χ1) is 12.7. The summed E-state index contributed by atoms with van der Waals surface area (Å²) in [5.41, 5.74) is -12.7. The second-order valence-corrected chi connectivity index (χ2v) is 13.7. The fourth-order valence-electron chi connectivity index (χ4n) is 2.12. The van der Waals surface area contributed by atoms with Crippen LogP contribution in [0.3, 0.4) is 0 Å². The molecular weight excluding hydrogens is 476 g/mol. The van der Waals surface area contributed by atoms with Crippen LogP contribution in [0.2, 0.25) is 0 Å². The van der Waals surface area contributed by atoms with E-state index >= 15 is 0 Å². The van der Waals surface area contributed by atoms with Crippen LogP contribution < -0.4 is 4.74 Å². The van der Waals surface area contributed by atoms with Crippen molar-refractivity contribution in [3.63, 3.8) is 0 Å². The molecule has 0 aliphatic rings. The van der Waals surface area contributed by atoms with Crippen LogP contribution in [0.1, 0.15) is 13.8 Å². The number of ether oxygens (including phenoxy) is 1. The van der Waals surface area contributed by atoms with Crippen molar-refractivity contribution in [1.29, 1.82) is 0 Å². The molecular formula is C13H17F6NO6S3. The number of hydrogen-bond acceptors (Lipinski definition) is 6. The second kappa shape index (κ2) is 7.70. The molecule has 0 amide bonds. The quantitative estimate of drug-likeness (QED) is 0.609. The Labute approximate surface area is 164 Å². The molecule has 29 heavy (non-hydrogen) atoms. The molecule has 16 heteroatoms. The van der Waals surface area contributed by atoms with Crippen LogP contribution in [0.5, 0.6) is 11.5 Å². The summed E-state index contributed by atoms with van der Waals surface area (Å²) in [7, 11) is -18.2. The van der Waals surface area contributed by atoms with E-state index < -0.39 is 61.1 Å². The molecule has 1 aromatic carbocycles. The van der Waals surface area contributed by atoms with Crippen LogP contribution in [0.4, 0.5) is 26.3 Å². The molecule has 170 valence electrons. The van der Waals surface area contributed by atoms with Gasteiger partial charge in [0.05, 0.1) is 6.10 Å². The van der Waals surface area contributed by atoms with Gasteiger partial charge in [0.1, 0.15) is 0 Å². The highest BCUT2D eigenvalue weighted by Crippen LogP contribution is 2.62. The third-order valence-electron chi connectivity index (χ3n) is 3.21. The normalized spacial score (nSPS) is 15.0. The summed E-state index contributed by atoms with van der Waals surface area (Å²) in [6.45, 7) is 3.00. The summed E-state index contributed by atoms with van der Waals surface area (Å²) >= 11 is 0. The number of sulfonamides is 2. The highest BCUT2D eigenvalue weighted by molar-refractivity contribution is 8.40. The maximum absolute atomic E-state index is 13.1. The van der Waals surface area contributed by atoms with Crippen molar-refractivity contribution in [3.05, 3.63) is 18.2 Å². The number of alkyl halides is 6. The van der Waals surface area contributed by atoms with Gasteiger partial charge in [-0.2, -0.15) is 26.3 Å². The minimum atomic E-state index is -7.03. The first-order valence-corrected chi connectivity index (χ1v) is 12.6. The van der Waals surface area contributed by atoms with Crippen molar-refractivity contribution >= 4 is 30.3 Å². The van der Waals surface area contributed by atoms with Gasteiger partial charge in [-0.05, 0) is 41.6 Å². The van der Waals surface area contributed by atoms with E-state index in [1.807, 2.05) is 0 Å². The molecule has 0 atom stereocenters. The number of hydrogen-bond donors (Lipinski definition) is 1. The van der Waals surface area contributed by atoms with Crippen LogP contribution in [0, 0.1) is 0 Å². The zero-order valence-corrected chi connectivity index (χ0v) is 17.7. The summed E-state index contributed by atoms with van der Waals surface area (Å²) in [6, 6.07) is 2.98. The monoisotopic (exact) mass is 493 g/mol. The Morgan fingerprint density at radius 1 is 0.931 bits per heavy atom. The van der Waals surface area contributed by atoms with Gasteiger partial charge in [0, 0.05) is 4.90 Å². The average molecular weight is 493 g/mol. The molecule has 1 rings (SSSR count). The molecule has 0 aliphatic heterocycles. The van der Waals surface area contributed by atoms with Gasteiger partial charge < -0.3 is 9.84 Å². The van der Waals surface area contributed by atoms with Gasteiger partial charge in [0.15, 0.2) is 11.5 Å². The Morgan fingerprint density at radius 2 is 1.34 bits per heavy atom. The Bertz CT molecular complexity index is 926. The van der Waals surface area contributed by atoms with Crippen LogP contribution in [0.15, 0.2) is 23.1 Å². The SMILES string of the molecule is CC(C)Oc1cccc(S(C)(C)N(S(=O)(=O)C(F)(F)F)S(=O)(=O)C(F)(F)F)c1O.